The molecule has 2 atom stereocenters. The molecule has 0 unspecified atom stereocenters. The number of rotatable bonds is 6. The van der Waals surface area contributed by atoms with Gasteiger partial charge in [0.2, 0.25) is 0 Å². The number of nitrogens with one attached hydrogen (secondary N) is 2. The van der Waals surface area contributed by atoms with Gasteiger partial charge in [0, 0.05) is 5.56 Å². The molecule has 2 rings (SSSR count). The lowest BCUT2D eigenvalue weighted by molar-refractivity contribution is -0.140. The van der Waals surface area contributed by atoms with Crippen molar-refractivity contribution in [2.45, 2.75) is 26.3 Å². The first kappa shape index (κ1) is 17.2. The zero-order valence-electron chi connectivity index (χ0n) is 12.8. The molecule has 0 radical (unpaired) electrons. The number of hydrogen-bond acceptors (Lipinski definition) is 3. The number of carbonyl (C=O) groups excluding carboxylic acids is 1. The van der Waals surface area contributed by atoms with Gasteiger partial charge in [-0.25, -0.2) is 4.79 Å². The first-order valence-electron chi connectivity index (χ1n) is 7.28. The molecule has 0 fully saturated rings. The lowest BCUT2D eigenvalue weighted by Gasteiger charge is -2.19. The van der Waals surface area contributed by atoms with Crippen molar-refractivity contribution >= 4 is 27.8 Å². The van der Waals surface area contributed by atoms with Gasteiger partial charge in [0.15, 0.2) is 0 Å². The van der Waals surface area contributed by atoms with Gasteiger partial charge in [-0.3, -0.25) is 9.89 Å². The quantitative estimate of drug-likeness (QED) is 0.718. The molecule has 2 aromatic rings. The number of aromatic amines is 1. The summed E-state index contributed by atoms with van der Waals surface area (Å²) in [6.07, 6.45) is 0.649. The van der Waals surface area contributed by atoms with Crippen molar-refractivity contribution < 1.29 is 14.7 Å². The topological polar surface area (TPSA) is 95.1 Å². The van der Waals surface area contributed by atoms with Crippen LogP contribution in [0.3, 0.4) is 0 Å². The fourth-order valence-corrected chi connectivity index (χ4v) is 2.75. The summed E-state index contributed by atoms with van der Waals surface area (Å²) in [7, 11) is 0. The molecule has 0 aliphatic carbocycles. The van der Waals surface area contributed by atoms with Crippen molar-refractivity contribution in [2.24, 2.45) is 5.92 Å². The van der Waals surface area contributed by atoms with E-state index in [0.29, 0.717) is 16.6 Å². The minimum Gasteiger partial charge on any atom is -0.480 e. The molecule has 0 aliphatic heterocycles. The highest BCUT2D eigenvalue weighted by Gasteiger charge is 2.28. The van der Waals surface area contributed by atoms with Gasteiger partial charge in [-0.2, -0.15) is 5.10 Å². The highest BCUT2D eigenvalue weighted by atomic mass is 79.9. The normalized spacial score (nSPS) is 13.3. The fourth-order valence-electron chi connectivity index (χ4n) is 2.16. The summed E-state index contributed by atoms with van der Waals surface area (Å²) in [5.74, 6) is -1.72. The van der Waals surface area contributed by atoms with Crippen LogP contribution in [0.15, 0.2) is 34.8 Å². The monoisotopic (exact) mass is 379 g/mol. The van der Waals surface area contributed by atoms with E-state index in [9.17, 15) is 14.7 Å². The number of benzene rings is 1. The van der Waals surface area contributed by atoms with Crippen LogP contribution in [0.1, 0.15) is 30.8 Å². The number of H-pyrrole nitrogens is 1. The van der Waals surface area contributed by atoms with Crippen LogP contribution < -0.4 is 5.32 Å². The van der Waals surface area contributed by atoms with Crippen LogP contribution in [0, 0.1) is 5.92 Å². The van der Waals surface area contributed by atoms with Crippen molar-refractivity contribution in [1.29, 1.82) is 0 Å². The lowest BCUT2D eigenvalue weighted by Crippen LogP contribution is -2.45. The Bertz CT molecular complexity index is 700. The van der Waals surface area contributed by atoms with Crippen molar-refractivity contribution in [3.05, 3.63) is 40.5 Å². The molecule has 1 aromatic heterocycles. The number of halogens is 1. The minimum absolute atomic E-state index is 0.174. The van der Waals surface area contributed by atoms with Gasteiger partial charge >= 0.3 is 5.97 Å². The van der Waals surface area contributed by atoms with Gasteiger partial charge in [0.25, 0.3) is 5.91 Å². The summed E-state index contributed by atoms with van der Waals surface area (Å²) in [5, 5.41) is 18.6. The van der Waals surface area contributed by atoms with Gasteiger partial charge in [0.1, 0.15) is 17.4 Å². The number of carboxylic acid groups (broad SMARTS) is 1. The van der Waals surface area contributed by atoms with Gasteiger partial charge in [-0.05, 0) is 21.8 Å². The number of carbonyl (C=O) groups is 2. The Morgan fingerprint density at radius 3 is 2.57 bits per heavy atom. The highest BCUT2D eigenvalue weighted by molar-refractivity contribution is 9.10. The van der Waals surface area contributed by atoms with Crippen molar-refractivity contribution in [3.8, 4) is 11.3 Å². The van der Waals surface area contributed by atoms with E-state index < -0.39 is 17.9 Å². The Morgan fingerprint density at radius 2 is 2.00 bits per heavy atom. The van der Waals surface area contributed by atoms with Crippen LogP contribution >= 0.6 is 15.9 Å². The van der Waals surface area contributed by atoms with Crippen LogP contribution in [0.25, 0.3) is 11.3 Å². The molecule has 0 saturated heterocycles. The molecule has 122 valence electrons. The maximum absolute atomic E-state index is 12.4. The maximum atomic E-state index is 12.4. The highest BCUT2D eigenvalue weighted by Crippen LogP contribution is 2.28. The summed E-state index contributed by atoms with van der Waals surface area (Å²) in [6, 6.07) is 8.45. The van der Waals surface area contributed by atoms with Crippen LogP contribution in [0.4, 0.5) is 0 Å². The number of hydrogen-bond donors (Lipinski definition) is 3. The Hall–Kier alpha value is -2.15. The van der Waals surface area contributed by atoms with E-state index in [1.165, 1.54) is 0 Å². The van der Waals surface area contributed by atoms with Gasteiger partial charge in [-0.15, -0.1) is 0 Å². The predicted molar refractivity (Wildman–Crippen MR) is 90.1 cm³/mol. The third-order valence-electron chi connectivity index (χ3n) is 3.75. The predicted octanol–water partition coefficient (Wildman–Crippen LogP) is 3.07. The van der Waals surface area contributed by atoms with E-state index >= 15 is 0 Å². The third-order valence-corrected chi connectivity index (χ3v) is 4.52. The maximum Gasteiger partial charge on any atom is 0.326 e. The number of aromatic nitrogens is 2. The van der Waals surface area contributed by atoms with Crippen LogP contribution in [0.5, 0.6) is 0 Å². The number of carboxylic acids is 1. The van der Waals surface area contributed by atoms with Crippen molar-refractivity contribution in [3.63, 3.8) is 0 Å². The Balaban J connectivity index is 2.24. The third kappa shape index (κ3) is 3.79. The second-order valence-electron chi connectivity index (χ2n) is 5.30. The van der Waals surface area contributed by atoms with Gasteiger partial charge in [-0.1, -0.05) is 50.6 Å². The molecule has 0 bridgehead atoms. The van der Waals surface area contributed by atoms with Crippen LogP contribution in [-0.2, 0) is 4.79 Å². The van der Waals surface area contributed by atoms with Gasteiger partial charge < -0.3 is 10.4 Å². The molecule has 23 heavy (non-hydrogen) atoms. The first-order chi connectivity index (χ1) is 11.0. The summed E-state index contributed by atoms with van der Waals surface area (Å²) in [6.45, 7) is 3.67. The number of nitrogens with zero attached hydrogens (tertiary/aromatic N) is 1. The van der Waals surface area contributed by atoms with E-state index in [0.717, 1.165) is 5.56 Å². The molecule has 3 N–H and O–H groups in total. The summed E-state index contributed by atoms with van der Waals surface area (Å²) in [5.41, 5.74) is 1.66. The molecule has 0 aliphatic rings. The first-order valence-corrected chi connectivity index (χ1v) is 8.08. The summed E-state index contributed by atoms with van der Waals surface area (Å²) >= 11 is 3.37. The van der Waals surface area contributed by atoms with Crippen molar-refractivity contribution in [1.82, 2.24) is 15.5 Å². The standard InChI is InChI=1S/C16H18BrN3O3/c1-3-9(2)12(16(22)23)18-15(21)14-11(17)13(19-20-14)10-7-5-4-6-8-10/h4-9,12H,3H2,1-2H3,(H,18,21)(H,19,20)(H,22,23)/t9-,12-/m0/s1. The smallest absolute Gasteiger partial charge is 0.326 e. The summed E-state index contributed by atoms with van der Waals surface area (Å²) < 4.78 is 0.509. The zero-order valence-corrected chi connectivity index (χ0v) is 14.4. The lowest BCUT2D eigenvalue weighted by atomic mass is 9.99. The molecule has 7 heteroatoms. The summed E-state index contributed by atoms with van der Waals surface area (Å²) in [4.78, 5) is 23.7. The molecule has 1 amide bonds. The number of aliphatic carboxylic acids is 1. The Morgan fingerprint density at radius 1 is 1.35 bits per heavy atom. The average molecular weight is 380 g/mol. The molecular formula is C16H18BrN3O3. The van der Waals surface area contributed by atoms with E-state index in [2.05, 4.69) is 31.4 Å². The molecular weight excluding hydrogens is 362 g/mol. The van der Waals surface area contributed by atoms with Gasteiger partial charge in [0.05, 0.1) is 4.47 Å². The van der Waals surface area contributed by atoms with Crippen LogP contribution in [-0.4, -0.2) is 33.2 Å². The van der Waals surface area contributed by atoms with Crippen LogP contribution in [0.2, 0.25) is 0 Å². The molecule has 1 aromatic carbocycles. The van der Waals surface area contributed by atoms with Crippen molar-refractivity contribution in [2.75, 3.05) is 0 Å². The van der Waals surface area contributed by atoms with E-state index in [1.807, 2.05) is 37.3 Å². The molecule has 0 saturated carbocycles. The minimum atomic E-state index is -1.05. The van der Waals surface area contributed by atoms with E-state index in [-0.39, 0.29) is 11.6 Å². The molecule has 0 spiro atoms. The molecule has 1 heterocycles. The largest absolute Gasteiger partial charge is 0.480 e. The second-order valence-corrected chi connectivity index (χ2v) is 6.10. The molecule has 6 nitrogen and oxygen atoms in total. The second kappa shape index (κ2) is 7.41. The average Bonchev–Trinajstić information content (AvgIpc) is 2.94. The Kier molecular flexibility index (Phi) is 5.54. The van der Waals surface area contributed by atoms with E-state index in [1.54, 1.807) is 6.92 Å². The van der Waals surface area contributed by atoms with E-state index in [4.69, 9.17) is 0 Å². The number of amides is 1. The fraction of sp³-hybridized carbons (Fsp3) is 0.312. The SMILES string of the molecule is CC[C@H](C)[C@H](NC(=O)c1[nH]nc(-c2ccccc2)c1Br)C(=O)O. The zero-order chi connectivity index (χ0) is 17.0. The Labute approximate surface area is 142 Å².